The molecule has 0 aromatic rings. The Balaban J connectivity index is 2.06. The number of isothiocyanates is 1. The molecule has 18 heavy (non-hydrogen) atoms. The van der Waals surface area contributed by atoms with E-state index in [-0.39, 0.29) is 5.54 Å². The Kier molecular flexibility index (Phi) is 2.78. The number of thiocarbonyl (C=S) groups is 1. The Morgan fingerprint density at radius 2 is 1.83 bits per heavy atom. The molecule has 3 rings (SSSR count). The standard InChI is InChI=1S/C16H25NS/c1-10-7-8-16(17-9-18)11(2)5-6-12-14(13(10)16)15(12,3)4/h10-14H,5-8H2,1-4H3/t10-,11-,12-,13+,14-,16-/m0/s1. The van der Waals surface area contributed by atoms with Crippen molar-refractivity contribution in [3.05, 3.63) is 0 Å². The van der Waals surface area contributed by atoms with E-state index in [4.69, 9.17) is 17.2 Å². The molecule has 6 atom stereocenters. The first-order chi connectivity index (χ1) is 8.45. The second-order valence-electron chi connectivity index (χ2n) is 7.67. The Hall–Kier alpha value is -0.200. The van der Waals surface area contributed by atoms with Gasteiger partial charge >= 0.3 is 0 Å². The maximum absolute atomic E-state index is 4.98. The predicted molar refractivity (Wildman–Crippen MR) is 78.8 cm³/mol. The SMILES string of the molecule is C[C@H]1CC[C@@]2(N=C=S)[C@H]1[C@@H]1[C@H](CC[C@@H]2C)C1(C)C. The average Bonchev–Trinajstić information content (AvgIpc) is 2.73. The Morgan fingerprint density at radius 1 is 1.11 bits per heavy atom. The molecule has 3 aliphatic carbocycles. The van der Waals surface area contributed by atoms with E-state index < -0.39 is 0 Å². The number of hydrogen-bond donors (Lipinski definition) is 0. The van der Waals surface area contributed by atoms with Crippen molar-refractivity contribution in [3.8, 4) is 0 Å². The zero-order valence-electron chi connectivity index (χ0n) is 12.1. The highest BCUT2D eigenvalue weighted by Gasteiger charge is 2.69. The van der Waals surface area contributed by atoms with Crippen molar-refractivity contribution in [2.45, 2.75) is 58.9 Å². The van der Waals surface area contributed by atoms with Gasteiger partial charge in [-0.15, -0.1) is 0 Å². The third-order valence-corrected chi connectivity index (χ3v) is 6.83. The fourth-order valence-corrected chi connectivity index (χ4v) is 5.76. The maximum Gasteiger partial charge on any atom is 0.0769 e. The van der Waals surface area contributed by atoms with Gasteiger partial charge in [0.1, 0.15) is 0 Å². The summed E-state index contributed by atoms with van der Waals surface area (Å²) >= 11 is 4.98. The van der Waals surface area contributed by atoms with Crippen LogP contribution in [0.1, 0.15) is 53.4 Å². The van der Waals surface area contributed by atoms with Crippen LogP contribution in [0, 0.1) is 35.0 Å². The summed E-state index contributed by atoms with van der Waals surface area (Å²) in [6.07, 6.45) is 5.29. The summed E-state index contributed by atoms with van der Waals surface area (Å²) in [5.41, 5.74) is 0.681. The number of hydrogen-bond acceptors (Lipinski definition) is 2. The molecule has 0 aliphatic heterocycles. The summed E-state index contributed by atoms with van der Waals surface area (Å²) in [5, 5.41) is 2.75. The average molecular weight is 263 g/mol. The zero-order chi connectivity index (χ0) is 13.1. The van der Waals surface area contributed by atoms with Gasteiger partial charge in [0, 0.05) is 0 Å². The summed E-state index contributed by atoms with van der Waals surface area (Å²) in [6, 6.07) is 0. The van der Waals surface area contributed by atoms with Gasteiger partial charge in [0.15, 0.2) is 0 Å². The fraction of sp³-hybridized carbons (Fsp3) is 0.938. The number of aliphatic imine (C=N–C) groups is 1. The number of fused-ring (bicyclic) bond motifs is 3. The molecular weight excluding hydrogens is 238 g/mol. The lowest BCUT2D eigenvalue weighted by Gasteiger charge is -2.38. The maximum atomic E-state index is 4.98. The molecule has 0 bridgehead atoms. The second kappa shape index (κ2) is 3.90. The van der Waals surface area contributed by atoms with Gasteiger partial charge in [0.25, 0.3) is 0 Å². The van der Waals surface area contributed by atoms with Gasteiger partial charge in [-0.1, -0.05) is 27.7 Å². The molecule has 3 aliphatic rings. The summed E-state index contributed by atoms with van der Waals surface area (Å²) in [7, 11) is 0. The first-order valence-electron chi connectivity index (χ1n) is 7.54. The van der Waals surface area contributed by atoms with Crippen molar-refractivity contribution < 1.29 is 0 Å². The highest BCUT2D eigenvalue weighted by molar-refractivity contribution is 7.78. The van der Waals surface area contributed by atoms with Crippen LogP contribution in [0.15, 0.2) is 4.99 Å². The largest absolute Gasteiger partial charge is 0.225 e. The summed E-state index contributed by atoms with van der Waals surface area (Å²) in [6.45, 7) is 9.78. The first kappa shape index (κ1) is 12.8. The van der Waals surface area contributed by atoms with Crippen molar-refractivity contribution in [1.82, 2.24) is 0 Å². The molecular formula is C16H25NS. The van der Waals surface area contributed by atoms with Gasteiger partial charge in [0.05, 0.1) is 10.7 Å². The van der Waals surface area contributed by atoms with Gasteiger partial charge in [-0.05, 0) is 72.9 Å². The van der Waals surface area contributed by atoms with Crippen molar-refractivity contribution in [1.29, 1.82) is 0 Å². The monoisotopic (exact) mass is 263 g/mol. The van der Waals surface area contributed by atoms with E-state index >= 15 is 0 Å². The van der Waals surface area contributed by atoms with E-state index in [0.717, 1.165) is 23.7 Å². The van der Waals surface area contributed by atoms with Gasteiger partial charge in [0.2, 0.25) is 0 Å². The molecule has 0 spiro atoms. The fourth-order valence-electron chi connectivity index (χ4n) is 5.59. The van der Waals surface area contributed by atoms with Gasteiger partial charge in [-0.3, -0.25) is 0 Å². The molecule has 2 heteroatoms. The van der Waals surface area contributed by atoms with Crippen LogP contribution in [0.3, 0.4) is 0 Å². The smallest absolute Gasteiger partial charge is 0.0769 e. The lowest BCUT2D eigenvalue weighted by atomic mass is 9.71. The van der Waals surface area contributed by atoms with Crippen molar-refractivity contribution >= 4 is 17.4 Å². The molecule has 0 aromatic carbocycles. The molecule has 0 N–H and O–H groups in total. The first-order valence-corrected chi connectivity index (χ1v) is 7.95. The van der Waals surface area contributed by atoms with Crippen LogP contribution in [0.5, 0.6) is 0 Å². The van der Waals surface area contributed by atoms with Gasteiger partial charge in [-0.25, -0.2) is 4.99 Å². The topological polar surface area (TPSA) is 12.4 Å². The highest BCUT2D eigenvalue weighted by atomic mass is 32.1. The second-order valence-corrected chi connectivity index (χ2v) is 7.85. The summed E-state index contributed by atoms with van der Waals surface area (Å²) < 4.78 is 0. The molecule has 0 amide bonds. The van der Waals surface area contributed by atoms with Crippen LogP contribution in [-0.4, -0.2) is 10.7 Å². The molecule has 100 valence electrons. The summed E-state index contributed by atoms with van der Waals surface area (Å²) in [5.74, 6) is 4.07. The molecule has 0 saturated heterocycles. The van der Waals surface area contributed by atoms with Crippen LogP contribution in [-0.2, 0) is 0 Å². The molecule has 0 aromatic heterocycles. The lowest BCUT2D eigenvalue weighted by molar-refractivity contribution is 0.163. The van der Waals surface area contributed by atoms with Crippen LogP contribution in [0.25, 0.3) is 0 Å². The number of rotatable bonds is 1. The van der Waals surface area contributed by atoms with Crippen molar-refractivity contribution in [2.75, 3.05) is 0 Å². The van der Waals surface area contributed by atoms with E-state index in [1.807, 2.05) is 0 Å². The molecule has 1 nitrogen and oxygen atoms in total. The number of nitrogens with zero attached hydrogens (tertiary/aromatic N) is 1. The third kappa shape index (κ3) is 1.45. The van der Waals surface area contributed by atoms with E-state index in [9.17, 15) is 0 Å². The van der Waals surface area contributed by atoms with Gasteiger partial charge < -0.3 is 0 Å². The van der Waals surface area contributed by atoms with Crippen LogP contribution in [0.4, 0.5) is 0 Å². The molecule has 0 heterocycles. The molecule has 3 saturated carbocycles. The Bertz CT molecular complexity index is 409. The van der Waals surface area contributed by atoms with E-state index in [2.05, 4.69) is 32.9 Å². The minimum atomic E-state index is 0.133. The molecule has 0 unspecified atom stereocenters. The molecule has 0 radical (unpaired) electrons. The Labute approximate surface area is 116 Å². The van der Waals surface area contributed by atoms with E-state index in [1.165, 1.54) is 25.7 Å². The zero-order valence-corrected chi connectivity index (χ0v) is 12.9. The van der Waals surface area contributed by atoms with E-state index in [0.29, 0.717) is 11.3 Å². The van der Waals surface area contributed by atoms with Crippen molar-refractivity contribution in [3.63, 3.8) is 0 Å². The minimum Gasteiger partial charge on any atom is -0.225 e. The summed E-state index contributed by atoms with van der Waals surface area (Å²) in [4.78, 5) is 4.78. The highest BCUT2D eigenvalue weighted by Crippen LogP contribution is 2.72. The minimum absolute atomic E-state index is 0.133. The van der Waals surface area contributed by atoms with E-state index in [1.54, 1.807) is 0 Å². The lowest BCUT2D eigenvalue weighted by Crippen LogP contribution is -2.41. The predicted octanol–water partition coefficient (Wildman–Crippen LogP) is 4.58. The third-order valence-electron chi connectivity index (χ3n) is 6.73. The Morgan fingerprint density at radius 3 is 2.50 bits per heavy atom. The quantitative estimate of drug-likeness (QED) is 0.498. The van der Waals surface area contributed by atoms with Crippen LogP contribution < -0.4 is 0 Å². The normalized spacial score (nSPS) is 52.8. The van der Waals surface area contributed by atoms with Crippen molar-refractivity contribution in [2.24, 2.45) is 40.0 Å². The van der Waals surface area contributed by atoms with Crippen LogP contribution >= 0.6 is 12.2 Å². The molecule has 3 fully saturated rings. The van der Waals surface area contributed by atoms with Gasteiger partial charge in [-0.2, -0.15) is 0 Å². The van der Waals surface area contributed by atoms with Crippen LogP contribution in [0.2, 0.25) is 0 Å².